The maximum Gasteiger partial charge on any atom is 0.258 e. The average Bonchev–Trinajstić information content (AvgIpc) is 2.62. The highest BCUT2D eigenvalue weighted by Crippen LogP contribution is 2.19. The number of amides is 1. The summed E-state index contributed by atoms with van der Waals surface area (Å²) < 4.78 is 27.3. The topological polar surface area (TPSA) is 66.5 Å². The molecule has 5 nitrogen and oxygen atoms in total. The SMILES string of the molecule is CCN(C(=O)c1cccc(S(=O)(=O)NCC(C)C)c1)c1ccccc1. The fraction of sp³-hybridized carbons (Fsp3) is 0.316. The number of anilines is 1. The van der Waals surface area contributed by atoms with Crippen LogP contribution in [0.3, 0.4) is 0 Å². The molecule has 0 fully saturated rings. The molecule has 0 aliphatic rings. The van der Waals surface area contributed by atoms with Gasteiger partial charge in [0.25, 0.3) is 5.91 Å². The molecule has 0 spiro atoms. The van der Waals surface area contributed by atoms with Crippen molar-refractivity contribution in [2.24, 2.45) is 5.92 Å². The lowest BCUT2D eigenvalue weighted by molar-refractivity contribution is 0.0988. The zero-order valence-electron chi connectivity index (χ0n) is 14.8. The number of para-hydroxylation sites is 1. The van der Waals surface area contributed by atoms with E-state index >= 15 is 0 Å². The lowest BCUT2D eigenvalue weighted by atomic mass is 10.2. The minimum absolute atomic E-state index is 0.100. The highest BCUT2D eigenvalue weighted by Gasteiger charge is 2.20. The molecule has 0 saturated carbocycles. The molecule has 0 atom stereocenters. The van der Waals surface area contributed by atoms with Crippen LogP contribution < -0.4 is 9.62 Å². The van der Waals surface area contributed by atoms with Crippen LogP contribution in [0.2, 0.25) is 0 Å². The Bertz CT molecular complexity index is 818. The van der Waals surface area contributed by atoms with Gasteiger partial charge in [-0.05, 0) is 43.2 Å². The molecule has 2 rings (SSSR count). The van der Waals surface area contributed by atoms with E-state index in [4.69, 9.17) is 0 Å². The van der Waals surface area contributed by atoms with Crippen LogP contribution in [-0.2, 0) is 10.0 Å². The van der Waals surface area contributed by atoms with E-state index < -0.39 is 10.0 Å². The van der Waals surface area contributed by atoms with Gasteiger partial charge in [-0.2, -0.15) is 0 Å². The van der Waals surface area contributed by atoms with Crippen molar-refractivity contribution < 1.29 is 13.2 Å². The van der Waals surface area contributed by atoms with E-state index in [1.165, 1.54) is 12.1 Å². The molecule has 0 unspecified atom stereocenters. The van der Waals surface area contributed by atoms with Gasteiger partial charge in [-0.25, -0.2) is 13.1 Å². The van der Waals surface area contributed by atoms with E-state index in [1.54, 1.807) is 17.0 Å². The molecule has 0 heterocycles. The molecule has 25 heavy (non-hydrogen) atoms. The first-order valence-corrected chi connectivity index (χ1v) is 9.80. The van der Waals surface area contributed by atoms with Gasteiger partial charge in [0.15, 0.2) is 0 Å². The second kappa shape index (κ2) is 8.27. The summed E-state index contributed by atoms with van der Waals surface area (Å²) in [4.78, 5) is 14.6. The monoisotopic (exact) mass is 360 g/mol. The smallest absolute Gasteiger partial charge is 0.258 e. The van der Waals surface area contributed by atoms with E-state index in [-0.39, 0.29) is 16.7 Å². The fourth-order valence-electron chi connectivity index (χ4n) is 2.36. The minimum Gasteiger partial charge on any atom is -0.309 e. The molecule has 1 N–H and O–H groups in total. The van der Waals surface area contributed by atoms with E-state index in [0.717, 1.165) is 5.69 Å². The summed E-state index contributed by atoms with van der Waals surface area (Å²) in [6.45, 7) is 6.59. The molecule has 0 aliphatic heterocycles. The number of nitrogens with one attached hydrogen (secondary N) is 1. The van der Waals surface area contributed by atoms with Gasteiger partial charge in [-0.3, -0.25) is 4.79 Å². The van der Waals surface area contributed by atoms with Crippen molar-refractivity contribution in [1.82, 2.24) is 4.72 Å². The van der Waals surface area contributed by atoms with E-state index in [2.05, 4.69) is 4.72 Å². The number of nitrogens with zero attached hydrogens (tertiary/aromatic N) is 1. The highest BCUT2D eigenvalue weighted by molar-refractivity contribution is 7.89. The van der Waals surface area contributed by atoms with Crippen LogP contribution >= 0.6 is 0 Å². The third-order valence-electron chi connectivity index (χ3n) is 3.70. The first kappa shape index (κ1) is 19.1. The van der Waals surface area contributed by atoms with Gasteiger partial charge in [-0.1, -0.05) is 38.1 Å². The Morgan fingerprint density at radius 3 is 2.36 bits per heavy atom. The molecule has 134 valence electrons. The van der Waals surface area contributed by atoms with Crippen LogP contribution in [0.25, 0.3) is 0 Å². The summed E-state index contributed by atoms with van der Waals surface area (Å²) in [5, 5.41) is 0. The first-order chi connectivity index (χ1) is 11.8. The van der Waals surface area contributed by atoms with Gasteiger partial charge in [0, 0.05) is 24.3 Å². The van der Waals surface area contributed by atoms with Crippen molar-refractivity contribution in [2.75, 3.05) is 18.0 Å². The van der Waals surface area contributed by atoms with Crippen LogP contribution in [0, 0.1) is 5.92 Å². The molecule has 0 aliphatic carbocycles. The van der Waals surface area contributed by atoms with Gasteiger partial charge >= 0.3 is 0 Å². The predicted molar refractivity (Wildman–Crippen MR) is 100 cm³/mol. The Balaban J connectivity index is 2.30. The lowest BCUT2D eigenvalue weighted by Crippen LogP contribution is -2.31. The van der Waals surface area contributed by atoms with Crippen molar-refractivity contribution in [3.8, 4) is 0 Å². The third kappa shape index (κ3) is 4.90. The van der Waals surface area contributed by atoms with E-state index in [1.807, 2.05) is 51.1 Å². The summed E-state index contributed by atoms with van der Waals surface area (Å²) in [6.07, 6.45) is 0. The normalized spacial score (nSPS) is 11.5. The molecule has 2 aromatic rings. The Morgan fingerprint density at radius 1 is 1.08 bits per heavy atom. The first-order valence-electron chi connectivity index (χ1n) is 8.31. The van der Waals surface area contributed by atoms with Crippen LogP contribution in [0.15, 0.2) is 59.5 Å². The van der Waals surface area contributed by atoms with Gasteiger partial charge in [0.2, 0.25) is 10.0 Å². The zero-order valence-corrected chi connectivity index (χ0v) is 15.6. The summed E-state index contributed by atoms with van der Waals surface area (Å²) >= 11 is 0. The molecule has 6 heteroatoms. The number of hydrogen-bond acceptors (Lipinski definition) is 3. The Kier molecular flexibility index (Phi) is 6.33. The number of carbonyl (C=O) groups is 1. The van der Waals surface area contributed by atoms with Gasteiger partial charge < -0.3 is 4.90 Å². The molecular weight excluding hydrogens is 336 g/mol. The molecule has 0 saturated heterocycles. The maximum absolute atomic E-state index is 12.8. The van der Waals surface area contributed by atoms with Crippen molar-refractivity contribution in [3.05, 3.63) is 60.2 Å². The van der Waals surface area contributed by atoms with Gasteiger partial charge in [-0.15, -0.1) is 0 Å². The van der Waals surface area contributed by atoms with Crippen molar-refractivity contribution in [3.63, 3.8) is 0 Å². The number of rotatable bonds is 7. The lowest BCUT2D eigenvalue weighted by Gasteiger charge is -2.21. The molecule has 2 aromatic carbocycles. The second-order valence-corrected chi connectivity index (χ2v) is 7.93. The largest absolute Gasteiger partial charge is 0.309 e. The Hall–Kier alpha value is -2.18. The summed E-state index contributed by atoms with van der Waals surface area (Å²) in [7, 11) is -3.63. The predicted octanol–water partition coefficient (Wildman–Crippen LogP) is 3.29. The molecule has 1 amide bonds. The molecular formula is C19H24N2O3S. The zero-order chi connectivity index (χ0) is 18.4. The Labute approximate surface area is 149 Å². The molecule has 0 bridgehead atoms. The maximum atomic E-state index is 12.8. The molecule has 0 aromatic heterocycles. The fourth-order valence-corrected chi connectivity index (χ4v) is 3.62. The summed E-state index contributed by atoms with van der Waals surface area (Å²) in [5.74, 6) is -0.0251. The van der Waals surface area contributed by atoms with Crippen LogP contribution in [0.1, 0.15) is 31.1 Å². The van der Waals surface area contributed by atoms with Crippen LogP contribution in [0.4, 0.5) is 5.69 Å². The standard InChI is InChI=1S/C19H24N2O3S/c1-4-21(17-10-6-5-7-11-17)19(22)16-9-8-12-18(13-16)25(23,24)20-14-15(2)3/h5-13,15,20H,4,14H2,1-3H3. The second-order valence-electron chi connectivity index (χ2n) is 6.16. The summed E-state index contributed by atoms with van der Waals surface area (Å²) in [5.41, 5.74) is 1.12. The quantitative estimate of drug-likeness (QED) is 0.824. The minimum atomic E-state index is -3.63. The molecule has 0 radical (unpaired) electrons. The number of benzene rings is 2. The third-order valence-corrected chi connectivity index (χ3v) is 5.12. The number of sulfonamides is 1. The van der Waals surface area contributed by atoms with Crippen molar-refractivity contribution in [2.45, 2.75) is 25.7 Å². The number of hydrogen-bond donors (Lipinski definition) is 1. The Morgan fingerprint density at radius 2 is 1.76 bits per heavy atom. The van der Waals surface area contributed by atoms with Crippen LogP contribution in [-0.4, -0.2) is 27.4 Å². The van der Waals surface area contributed by atoms with Crippen molar-refractivity contribution in [1.29, 1.82) is 0 Å². The van der Waals surface area contributed by atoms with Gasteiger partial charge in [0.05, 0.1) is 4.90 Å². The highest BCUT2D eigenvalue weighted by atomic mass is 32.2. The van der Waals surface area contributed by atoms with Gasteiger partial charge in [0.1, 0.15) is 0 Å². The van der Waals surface area contributed by atoms with E-state index in [9.17, 15) is 13.2 Å². The van der Waals surface area contributed by atoms with Crippen molar-refractivity contribution >= 4 is 21.6 Å². The average molecular weight is 360 g/mol. The van der Waals surface area contributed by atoms with E-state index in [0.29, 0.717) is 18.7 Å². The number of carbonyl (C=O) groups excluding carboxylic acids is 1. The summed E-state index contributed by atoms with van der Waals surface area (Å²) in [6, 6.07) is 15.5. The van der Waals surface area contributed by atoms with Crippen LogP contribution in [0.5, 0.6) is 0 Å².